The summed E-state index contributed by atoms with van der Waals surface area (Å²) in [5.41, 5.74) is 2.59. The number of para-hydroxylation sites is 2. The number of hydrogen-bond acceptors (Lipinski definition) is 6. The predicted molar refractivity (Wildman–Crippen MR) is 125 cm³/mol. The van der Waals surface area contributed by atoms with Crippen molar-refractivity contribution in [3.05, 3.63) is 65.9 Å². The molecule has 3 aromatic rings. The first-order chi connectivity index (χ1) is 15.4. The van der Waals surface area contributed by atoms with Crippen molar-refractivity contribution in [3.8, 4) is 0 Å². The molecule has 6 heterocycles. The van der Waals surface area contributed by atoms with Gasteiger partial charge in [-0.25, -0.2) is 0 Å². The van der Waals surface area contributed by atoms with Crippen LogP contribution in [0.3, 0.4) is 0 Å². The molecule has 2 bridgehead atoms. The van der Waals surface area contributed by atoms with Gasteiger partial charge in [0.1, 0.15) is 12.3 Å². The van der Waals surface area contributed by atoms with Crippen molar-refractivity contribution >= 4 is 50.0 Å². The SMILES string of the molecule is CN1C(=O)[C@]23SS[C@@]1(C)C(=O)N2[C@H]1Nc2ccccc2[C@]1(c1c[nH]c2ccccc12)[C@@H]3O. The Kier molecular flexibility index (Phi) is 3.34. The first-order valence-electron chi connectivity index (χ1n) is 10.5. The molecule has 32 heavy (non-hydrogen) atoms. The quantitative estimate of drug-likeness (QED) is 0.480. The zero-order chi connectivity index (χ0) is 22.0. The van der Waals surface area contributed by atoms with Crippen LogP contribution < -0.4 is 5.32 Å². The van der Waals surface area contributed by atoms with Crippen LogP contribution in [-0.2, 0) is 15.0 Å². The highest BCUT2D eigenvalue weighted by Crippen LogP contribution is 2.69. The molecule has 5 aliphatic heterocycles. The fourth-order valence-electron chi connectivity index (χ4n) is 6.08. The molecule has 4 fully saturated rings. The molecule has 0 unspecified atom stereocenters. The molecule has 3 N–H and O–H groups in total. The van der Waals surface area contributed by atoms with E-state index < -0.39 is 27.4 Å². The number of nitrogens with zero attached hydrogens (tertiary/aromatic N) is 2. The van der Waals surface area contributed by atoms with E-state index in [0.29, 0.717) is 0 Å². The van der Waals surface area contributed by atoms with Crippen molar-refractivity contribution in [1.29, 1.82) is 0 Å². The minimum atomic E-state index is -1.40. The molecular weight excluding hydrogens is 444 g/mol. The summed E-state index contributed by atoms with van der Waals surface area (Å²) in [4.78, 5) is 31.7. The van der Waals surface area contributed by atoms with Crippen LogP contribution in [-0.4, -0.2) is 60.8 Å². The van der Waals surface area contributed by atoms with E-state index in [9.17, 15) is 14.7 Å². The molecule has 5 aliphatic rings. The number of H-pyrrole nitrogens is 1. The third-order valence-electron chi connectivity index (χ3n) is 7.75. The van der Waals surface area contributed by atoms with E-state index in [4.69, 9.17) is 0 Å². The standard InChI is InChI=1S/C23H20N4O3S2/c1-21-19(29)27-18-22(13-8-4-6-10-16(13)25-18,14-11-24-15-9-5-3-7-12(14)15)17(28)23(27,32-31-21)20(30)26(21)2/h3-11,17-18,24-25,28H,1-2H3/t17-,18+,21-,22-,23-/m0/s1. The number of aliphatic hydroxyl groups is 1. The average molecular weight is 465 g/mol. The first kappa shape index (κ1) is 18.9. The van der Waals surface area contributed by atoms with E-state index in [-0.39, 0.29) is 11.8 Å². The second kappa shape index (κ2) is 5.65. The number of amides is 2. The Morgan fingerprint density at radius 2 is 1.75 bits per heavy atom. The summed E-state index contributed by atoms with van der Waals surface area (Å²) in [5, 5.41) is 16.7. The molecule has 8 rings (SSSR count). The van der Waals surface area contributed by atoms with Crippen molar-refractivity contribution in [2.75, 3.05) is 12.4 Å². The smallest absolute Gasteiger partial charge is 0.264 e. The topological polar surface area (TPSA) is 88.7 Å². The predicted octanol–water partition coefficient (Wildman–Crippen LogP) is 2.69. The highest BCUT2D eigenvalue weighted by molar-refractivity contribution is 8.78. The van der Waals surface area contributed by atoms with E-state index >= 15 is 0 Å². The molecular formula is C23H20N4O3S2. The normalized spacial score (nSPS) is 37.0. The molecule has 1 aromatic heterocycles. The molecule has 5 atom stereocenters. The molecule has 0 radical (unpaired) electrons. The highest BCUT2D eigenvalue weighted by atomic mass is 33.1. The van der Waals surface area contributed by atoms with Gasteiger partial charge in [0.05, 0.1) is 5.41 Å². The molecule has 2 aromatic carbocycles. The van der Waals surface area contributed by atoms with E-state index in [1.165, 1.54) is 26.5 Å². The number of benzene rings is 2. The van der Waals surface area contributed by atoms with E-state index in [0.717, 1.165) is 27.7 Å². The fourth-order valence-corrected chi connectivity index (χ4v) is 9.63. The average Bonchev–Trinajstić information content (AvgIpc) is 3.43. The Hall–Kier alpha value is -2.62. The lowest BCUT2D eigenvalue weighted by atomic mass is 9.70. The zero-order valence-electron chi connectivity index (χ0n) is 17.3. The summed E-state index contributed by atoms with van der Waals surface area (Å²) < 4.78 is 0. The lowest BCUT2D eigenvalue weighted by Gasteiger charge is -2.57. The van der Waals surface area contributed by atoms with Gasteiger partial charge in [-0.1, -0.05) is 47.2 Å². The van der Waals surface area contributed by atoms with Crippen LogP contribution in [0.2, 0.25) is 0 Å². The number of aromatic nitrogens is 1. The van der Waals surface area contributed by atoms with Crippen LogP contribution in [0.4, 0.5) is 5.69 Å². The van der Waals surface area contributed by atoms with Crippen molar-refractivity contribution in [2.45, 2.75) is 34.4 Å². The zero-order valence-corrected chi connectivity index (χ0v) is 19.0. The number of aromatic amines is 1. The second-order valence-electron chi connectivity index (χ2n) is 9.00. The van der Waals surface area contributed by atoms with Crippen LogP contribution in [0, 0.1) is 0 Å². The van der Waals surface area contributed by atoms with Gasteiger partial charge in [0.15, 0.2) is 4.87 Å². The van der Waals surface area contributed by atoms with E-state index in [1.54, 1.807) is 18.9 Å². The fraction of sp³-hybridized carbons (Fsp3) is 0.304. The lowest BCUT2D eigenvalue weighted by Crippen LogP contribution is -2.77. The van der Waals surface area contributed by atoms with Gasteiger partial charge < -0.3 is 20.3 Å². The van der Waals surface area contributed by atoms with Crippen LogP contribution in [0.25, 0.3) is 10.9 Å². The maximum absolute atomic E-state index is 13.9. The van der Waals surface area contributed by atoms with Crippen molar-refractivity contribution in [3.63, 3.8) is 0 Å². The Morgan fingerprint density at radius 1 is 1.00 bits per heavy atom. The molecule has 0 saturated carbocycles. The molecule has 4 saturated heterocycles. The third-order valence-corrected chi connectivity index (χ3v) is 11.4. The Morgan fingerprint density at radius 3 is 2.59 bits per heavy atom. The molecule has 7 nitrogen and oxygen atoms in total. The van der Waals surface area contributed by atoms with Crippen molar-refractivity contribution in [1.82, 2.24) is 14.8 Å². The number of hydrogen-bond donors (Lipinski definition) is 3. The minimum absolute atomic E-state index is 0.158. The number of nitrogens with one attached hydrogen (secondary N) is 2. The van der Waals surface area contributed by atoms with Crippen LogP contribution in [0.1, 0.15) is 18.1 Å². The van der Waals surface area contributed by atoms with Crippen LogP contribution in [0.15, 0.2) is 54.7 Å². The number of anilines is 1. The van der Waals surface area contributed by atoms with Crippen LogP contribution >= 0.6 is 21.6 Å². The van der Waals surface area contributed by atoms with Gasteiger partial charge in [-0.2, -0.15) is 0 Å². The number of fused-ring (bicyclic) bond motifs is 6. The first-order valence-corrected chi connectivity index (χ1v) is 12.6. The molecule has 0 aliphatic carbocycles. The number of likely N-dealkylation sites (N-methyl/N-ethyl adjacent to an activating group) is 1. The number of aliphatic hydroxyl groups excluding tert-OH is 1. The number of rotatable bonds is 1. The Bertz CT molecular complexity index is 1360. The van der Waals surface area contributed by atoms with Gasteiger partial charge in [0.25, 0.3) is 11.8 Å². The maximum Gasteiger partial charge on any atom is 0.264 e. The minimum Gasteiger partial charge on any atom is -0.388 e. The van der Waals surface area contributed by atoms with Crippen molar-refractivity contribution in [2.24, 2.45) is 0 Å². The summed E-state index contributed by atoms with van der Waals surface area (Å²) in [5.74, 6) is -0.391. The molecule has 9 heteroatoms. The maximum atomic E-state index is 13.9. The third kappa shape index (κ3) is 1.72. The monoisotopic (exact) mass is 464 g/mol. The van der Waals surface area contributed by atoms with Gasteiger partial charge >= 0.3 is 0 Å². The van der Waals surface area contributed by atoms with Crippen LogP contribution in [0.5, 0.6) is 0 Å². The van der Waals surface area contributed by atoms with Crippen molar-refractivity contribution < 1.29 is 14.7 Å². The van der Waals surface area contributed by atoms with Gasteiger partial charge in [-0.05, 0) is 41.0 Å². The van der Waals surface area contributed by atoms with Gasteiger partial charge in [0.2, 0.25) is 4.87 Å². The molecule has 1 spiro atoms. The lowest BCUT2D eigenvalue weighted by molar-refractivity contribution is -0.166. The number of carbonyl (C=O) groups excluding carboxylic acids is 2. The van der Waals surface area contributed by atoms with Gasteiger partial charge in [-0.15, -0.1) is 0 Å². The summed E-state index contributed by atoms with van der Waals surface area (Å²) in [6, 6.07) is 15.8. The summed E-state index contributed by atoms with van der Waals surface area (Å²) in [7, 11) is 4.34. The Labute approximate surface area is 191 Å². The summed E-state index contributed by atoms with van der Waals surface area (Å²) in [6.07, 6.45) is 0.174. The number of piperazine rings is 1. The molecule has 162 valence electrons. The van der Waals surface area contributed by atoms with E-state index in [1.807, 2.05) is 54.7 Å². The summed E-state index contributed by atoms with van der Waals surface area (Å²) in [6.45, 7) is 1.79. The van der Waals surface area contributed by atoms with Gasteiger partial charge in [-0.3, -0.25) is 14.5 Å². The molecule has 2 amide bonds. The highest BCUT2D eigenvalue weighted by Gasteiger charge is 2.82. The second-order valence-corrected chi connectivity index (χ2v) is 11.7. The Balaban J connectivity index is 1.59. The number of carbonyl (C=O) groups is 2. The summed E-state index contributed by atoms with van der Waals surface area (Å²) >= 11 is 0. The largest absolute Gasteiger partial charge is 0.388 e. The van der Waals surface area contributed by atoms with Gasteiger partial charge in [0, 0.05) is 29.8 Å². The van der Waals surface area contributed by atoms with E-state index in [2.05, 4.69) is 10.3 Å².